The number of carbonyl (C=O) groups is 1. The van der Waals surface area contributed by atoms with Crippen LogP contribution in [0.1, 0.15) is 20.8 Å². The van der Waals surface area contributed by atoms with Gasteiger partial charge in [-0.2, -0.15) is 0 Å². The summed E-state index contributed by atoms with van der Waals surface area (Å²) in [6.45, 7) is 0.783. The number of nitrogens with one attached hydrogen (secondary N) is 1. The Kier molecular flexibility index (Phi) is 3.49. The molecule has 1 N–H and O–H groups in total. The van der Waals surface area contributed by atoms with Crippen molar-refractivity contribution in [3.63, 3.8) is 0 Å². The Labute approximate surface area is 98.9 Å². The van der Waals surface area contributed by atoms with Crippen LogP contribution in [0, 0.1) is 0 Å². The molecule has 0 bridgehead atoms. The van der Waals surface area contributed by atoms with E-state index in [2.05, 4.69) is 5.32 Å². The Morgan fingerprint density at radius 3 is 2.88 bits per heavy atom. The van der Waals surface area contributed by atoms with E-state index in [1.165, 1.54) is 11.3 Å². The molecule has 0 saturated heterocycles. The van der Waals surface area contributed by atoms with E-state index in [0.717, 1.165) is 22.5 Å². The molecule has 0 atom stereocenters. The maximum Gasteiger partial charge on any atom is 0.202 e. The molecule has 16 heavy (non-hydrogen) atoms. The molecule has 0 saturated carbocycles. The van der Waals surface area contributed by atoms with Gasteiger partial charge in [-0.25, -0.2) is 0 Å². The van der Waals surface area contributed by atoms with Crippen molar-refractivity contribution in [3.8, 4) is 0 Å². The standard InChI is InChI=1S/C13H13NOS/c1-14-9-10-4-2-5-11(8-10)13(15)12-6-3-7-16-12/h2-8,14H,9H2,1H3. The zero-order valence-corrected chi connectivity index (χ0v) is 9.88. The van der Waals surface area contributed by atoms with Gasteiger partial charge in [0.1, 0.15) is 0 Å². The van der Waals surface area contributed by atoms with Crippen LogP contribution < -0.4 is 5.32 Å². The average Bonchev–Trinajstić information content (AvgIpc) is 2.82. The summed E-state index contributed by atoms with van der Waals surface area (Å²) in [6.07, 6.45) is 0. The summed E-state index contributed by atoms with van der Waals surface area (Å²) in [4.78, 5) is 12.8. The van der Waals surface area contributed by atoms with Gasteiger partial charge >= 0.3 is 0 Å². The highest BCUT2D eigenvalue weighted by atomic mass is 32.1. The van der Waals surface area contributed by atoms with Crippen LogP contribution in [0.25, 0.3) is 0 Å². The molecule has 0 aliphatic heterocycles. The zero-order valence-electron chi connectivity index (χ0n) is 9.07. The Bertz CT molecular complexity index is 476. The normalized spacial score (nSPS) is 10.3. The zero-order chi connectivity index (χ0) is 11.4. The predicted octanol–water partition coefficient (Wildman–Crippen LogP) is 2.70. The minimum Gasteiger partial charge on any atom is -0.316 e. The maximum absolute atomic E-state index is 12.1. The van der Waals surface area contributed by atoms with Crippen molar-refractivity contribution >= 4 is 17.1 Å². The summed E-state index contributed by atoms with van der Waals surface area (Å²) in [5.41, 5.74) is 1.89. The van der Waals surface area contributed by atoms with Gasteiger partial charge in [0, 0.05) is 12.1 Å². The van der Waals surface area contributed by atoms with Crippen molar-refractivity contribution in [2.24, 2.45) is 0 Å². The molecule has 0 radical (unpaired) electrons. The number of ketones is 1. The lowest BCUT2D eigenvalue weighted by Gasteiger charge is -2.03. The molecule has 1 heterocycles. The smallest absolute Gasteiger partial charge is 0.202 e. The van der Waals surface area contributed by atoms with E-state index in [1.54, 1.807) is 0 Å². The lowest BCUT2D eigenvalue weighted by Crippen LogP contribution is -2.06. The Balaban J connectivity index is 2.27. The second-order valence-corrected chi connectivity index (χ2v) is 4.48. The van der Waals surface area contributed by atoms with Crippen LogP contribution in [-0.2, 0) is 6.54 Å². The van der Waals surface area contributed by atoms with Gasteiger partial charge in [0.05, 0.1) is 4.88 Å². The summed E-state index contributed by atoms with van der Waals surface area (Å²) in [7, 11) is 1.90. The summed E-state index contributed by atoms with van der Waals surface area (Å²) >= 11 is 1.48. The largest absolute Gasteiger partial charge is 0.316 e. The van der Waals surface area contributed by atoms with Crippen LogP contribution in [-0.4, -0.2) is 12.8 Å². The first-order valence-electron chi connectivity index (χ1n) is 5.13. The number of thiophene rings is 1. The molecule has 82 valence electrons. The van der Waals surface area contributed by atoms with E-state index in [9.17, 15) is 4.79 Å². The molecule has 0 fully saturated rings. The fourth-order valence-corrected chi connectivity index (χ4v) is 2.26. The first-order chi connectivity index (χ1) is 7.81. The van der Waals surface area contributed by atoms with E-state index in [0.29, 0.717) is 0 Å². The lowest BCUT2D eigenvalue weighted by molar-refractivity contribution is 0.104. The number of benzene rings is 1. The molecular weight excluding hydrogens is 218 g/mol. The molecule has 0 aliphatic carbocycles. The lowest BCUT2D eigenvalue weighted by atomic mass is 10.1. The van der Waals surface area contributed by atoms with E-state index < -0.39 is 0 Å². The van der Waals surface area contributed by atoms with Crippen molar-refractivity contribution < 1.29 is 4.79 Å². The maximum atomic E-state index is 12.1. The number of rotatable bonds is 4. The molecule has 0 spiro atoms. The first kappa shape index (κ1) is 11.0. The molecule has 1 aromatic heterocycles. The van der Waals surface area contributed by atoms with E-state index in [1.807, 2.05) is 48.8 Å². The van der Waals surface area contributed by atoms with Gasteiger partial charge in [0.25, 0.3) is 0 Å². The molecule has 1 aromatic carbocycles. The highest BCUT2D eigenvalue weighted by Crippen LogP contribution is 2.16. The second-order valence-electron chi connectivity index (χ2n) is 3.54. The van der Waals surface area contributed by atoms with Gasteiger partial charge in [-0.1, -0.05) is 24.3 Å². The van der Waals surface area contributed by atoms with Crippen LogP contribution in [0.2, 0.25) is 0 Å². The fourth-order valence-electron chi connectivity index (χ4n) is 1.58. The monoisotopic (exact) mass is 231 g/mol. The molecule has 2 aromatic rings. The Morgan fingerprint density at radius 2 is 2.19 bits per heavy atom. The van der Waals surface area contributed by atoms with Gasteiger partial charge in [-0.3, -0.25) is 4.79 Å². The quantitative estimate of drug-likeness (QED) is 0.820. The van der Waals surface area contributed by atoms with Crippen molar-refractivity contribution in [2.45, 2.75) is 6.54 Å². The first-order valence-corrected chi connectivity index (χ1v) is 6.01. The van der Waals surface area contributed by atoms with Crippen molar-refractivity contribution in [1.82, 2.24) is 5.32 Å². The van der Waals surface area contributed by atoms with Gasteiger partial charge in [0.15, 0.2) is 0 Å². The third-order valence-corrected chi connectivity index (χ3v) is 3.18. The van der Waals surface area contributed by atoms with E-state index in [4.69, 9.17) is 0 Å². The molecular formula is C13H13NOS. The van der Waals surface area contributed by atoms with Crippen molar-refractivity contribution in [1.29, 1.82) is 0 Å². The second kappa shape index (κ2) is 5.05. The Morgan fingerprint density at radius 1 is 1.31 bits per heavy atom. The summed E-state index contributed by atoms with van der Waals surface area (Å²) < 4.78 is 0. The molecule has 3 heteroatoms. The SMILES string of the molecule is CNCc1cccc(C(=O)c2cccs2)c1. The summed E-state index contributed by atoms with van der Waals surface area (Å²) in [6, 6.07) is 11.5. The Hall–Kier alpha value is -1.45. The molecule has 2 rings (SSSR count). The highest BCUT2D eigenvalue weighted by Gasteiger charge is 2.09. The summed E-state index contributed by atoms with van der Waals surface area (Å²) in [5, 5.41) is 5.00. The fraction of sp³-hybridized carbons (Fsp3) is 0.154. The van der Waals surface area contributed by atoms with Gasteiger partial charge in [-0.15, -0.1) is 11.3 Å². The van der Waals surface area contributed by atoms with Crippen LogP contribution in [0.15, 0.2) is 41.8 Å². The van der Waals surface area contributed by atoms with Crippen molar-refractivity contribution in [3.05, 3.63) is 57.8 Å². The molecule has 0 aliphatic rings. The topological polar surface area (TPSA) is 29.1 Å². The predicted molar refractivity (Wildman–Crippen MR) is 67.0 cm³/mol. The minimum absolute atomic E-state index is 0.105. The van der Waals surface area contributed by atoms with Crippen LogP contribution >= 0.6 is 11.3 Å². The van der Waals surface area contributed by atoms with Gasteiger partial charge in [0.2, 0.25) is 5.78 Å². The number of hydrogen-bond acceptors (Lipinski definition) is 3. The molecule has 0 amide bonds. The highest BCUT2D eigenvalue weighted by molar-refractivity contribution is 7.12. The third kappa shape index (κ3) is 2.38. The minimum atomic E-state index is 0.105. The number of hydrogen-bond donors (Lipinski definition) is 1. The van der Waals surface area contributed by atoms with Gasteiger partial charge < -0.3 is 5.32 Å². The van der Waals surface area contributed by atoms with Crippen LogP contribution in [0.4, 0.5) is 0 Å². The average molecular weight is 231 g/mol. The van der Waals surface area contributed by atoms with Crippen molar-refractivity contribution in [2.75, 3.05) is 7.05 Å². The molecule has 2 nitrogen and oxygen atoms in total. The van der Waals surface area contributed by atoms with Crippen LogP contribution in [0.5, 0.6) is 0 Å². The van der Waals surface area contributed by atoms with Gasteiger partial charge in [-0.05, 0) is 30.1 Å². The van der Waals surface area contributed by atoms with Crippen LogP contribution in [0.3, 0.4) is 0 Å². The number of carbonyl (C=O) groups excluding carboxylic acids is 1. The summed E-state index contributed by atoms with van der Waals surface area (Å²) in [5.74, 6) is 0.105. The third-order valence-electron chi connectivity index (χ3n) is 2.32. The van der Waals surface area contributed by atoms with E-state index >= 15 is 0 Å². The van der Waals surface area contributed by atoms with E-state index in [-0.39, 0.29) is 5.78 Å². The molecule has 0 unspecified atom stereocenters.